The normalized spacial score (nSPS) is 21.2. The summed E-state index contributed by atoms with van der Waals surface area (Å²) in [4.78, 5) is 17.1. The molecule has 0 N–H and O–H groups in total. The van der Waals surface area contributed by atoms with E-state index < -0.39 is 5.60 Å². The summed E-state index contributed by atoms with van der Waals surface area (Å²) in [5.74, 6) is 0.488. The quantitative estimate of drug-likeness (QED) is 0.576. The number of ether oxygens (including phenoxy) is 1. The van der Waals surface area contributed by atoms with E-state index in [9.17, 15) is 4.79 Å². The van der Waals surface area contributed by atoms with Gasteiger partial charge in [0.1, 0.15) is 5.60 Å². The van der Waals surface area contributed by atoms with Gasteiger partial charge >= 0.3 is 6.09 Å². The number of aryl methyl sites for hydroxylation is 2. The Hall–Kier alpha value is -1.55. The molecule has 1 aromatic carbocycles. The number of fused-ring (bicyclic) bond motifs is 2. The SMILES string of the molecule is Cc1cc2c(cc1C)C1(CCN(C(=O)OC(C)(C)C)CC1)C[C@@H]2C(C)(C)N(C)C(C)C. The van der Waals surface area contributed by atoms with E-state index in [0.717, 1.165) is 32.4 Å². The summed E-state index contributed by atoms with van der Waals surface area (Å²) < 4.78 is 5.65. The van der Waals surface area contributed by atoms with E-state index in [4.69, 9.17) is 4.74 Å². The van der Waals surface area contributed by atoms with Crippen LogP contribution in [0.3, 0.4) is 0 Å². The Morgan fingerprint density at radius 1 is 1.10 bits per heavy atom. The summed E-state index contributed by atoms with van der Waals surface area (Å²) in [6.45, 7) is 21.2. The van der Waals surface area contributed by atoms with Gasteiger partial charge in [-0.25, -0.2) is 4.79 Å². The molecule has 1 fully saturated rings. The van der Waals surface area contributed by atoms with Crippen LogP contribution in [0.15, 0.2) is 12.1 Å². The number of hydrogen-bond acceptors (Lipinski definition) is 3. The van der Waals surface area contributed by atoms with Crippen molar-refractivity contribution in [2.45, 2.75) is 110 Å². The molecule has 1 atom stereocenters. The van der Waals surface area contributed by atoms with Crippen LogP contribution in [-0.4, -0.2) is 53.2 Å². The topological polar surface area (TPSA) is 32.8 Å². The van der Waals surface area contributed by atoms with Crippen molar-refractivity contribution < 1.29 is 9.53 Å². The van der Waals surface area contributed by atoms with Gasteiger partial charge in [-0.05, 0) is 116 Å². The predicted octanol–water partition coefficient (Wildman–Crippen LogP) is 6.18. The van der Waals surface area contributed by atoms with E-state index in [1.165, 1.54) is 22.3 Å². The van der Waals surface area contributed by atoms with Crippen LogP contribution in [0.4, 0.5) is 4.79 Å². The maximum Gasteiger partial charge on any atom is 0.410 e. The Kier molecular flexibility index (Phi) is 6.30. The van der Waals surface area contributed by atoms with Crippen molar-refractivity contribution in [2.75, 3.05) is 20.1 Å². The van der Waals surface area contributed by atoms with E-state index in [0.29, 0.717) is 12.0 Å². The molecule has 0 saturated carbocycles. The lowest BCUT2D eigenvalue weighted by Gasteiger charge is -2.45. The first-order valence-electron chi connectivity index (χ1n) is 12.0. The monoisotopic (exact) mass is 428 g/mol. The third-order valence-corrected chi connectivity index (χ3v) is 8.12. The first kappa shape index (κ1) is 24.1. The van der Waals surface area contributed by atoms with E-state index in [1.54, 1.807) is 0 Å². The molecule has 1 spiro atoms. The van der Waals surface area contributed by atoms with Crippen molar-refractivity contribution in [1.29, 1.82) is 0 Å². The average molecular weight is 429 g/mol. The first-order valence-corrected chi connectivity index (χ1v) is 12.0. The summed E-state index contributed by atoms with van der Waals surface area (Å²) in [5, 5.41) is 0. The lowest BCUT2D eigenvalue weighted by Crippen LogP contribution is -2.50. The van der Waals surface area contributed by atoms with Crippen molar-refractivity contribution in [3.63, 3.8) is 0 Å². The number of likely N-dealkylation sites (tertiary alicyclic amines) is 1. The summed E-state index contributed by atoms with van der Waals surface area (Å²) in [7, 11) is 2.27. The minimum absolute atomic E-state index is 0.0659. The van der Waals surface area contributed by atoms with E-state index in [2.05, 4.69) is 65.6 Å². The lowest BCUT2D eigenvalue weighted by atomic mass is 9.71. The zero-order valence-electron chi connectivity index (χ0n) is 21.6. The maximum absolute atomic E-state index is 12.6. The van der Waals surface area contributed by atoms with Gasteiger partial charge in [0.05, 0.1) is 0 Å². The van der Waals surface area contributed by atoms with Gasteiger partial charge in [0.15, 0.2) is 0 Å². The number of rotatable bonds is 3. The summed E-state index contributed by atoms with van der Waals surface area (Å²) in [5.41, 5.74) is 5.61. The lowest BCUT2D eigenvalue weighted by molar-refractivity contribution is 0.0147. The average Bonchev–Trinajstić information content (AvgIpc) is 2.94. The van der Waals surface area contributed by atoms with Crippen molar-refractivity contribution in [3.8, 4) is 0 Å². The van der Waals surface area contributed by atoms with Gasteiger partial charge in [-0.3, -0.25) is 4.90 Å². The van der Waals surface area contributed by atoms with Crippen LogP contribution < -0.4 is 0 Å². The van der Waals surface area contributed by atoms with Gasteiger partial charge in [-0.2, -0.15) is 0 Å². The van der Waals surface area contributed by atoms with Gasteiger partial charge in [-0.15, -0.1) is 0 Å². The molecule has 174 valence electrons. The van der Waals surface area contributed by atoms with Crippen molar-refractivity contribution in [3.05, 3.63) is 34.4 Å². The fourth-order valence-electron chi connectivity index (χ4n) is 5.66. The van der Waals surface area contributed by atoms with E-state index >= 15 is 0 Å². The Labute approximate surface area is 190 Å². The third-order valence-electron chi connectivity index (χ3n) is 8.12. The number of likely N-dealkylation sites (N-methyl/N-ethyl adjacent to an activating group) is 1. The molecule has 1 aromatic rings. The molecule has 3 rings (SSSR count). The highest BCUT2D eigenvalue weighted by atomic mass is 16.6. The molecule has 1 saturated heterocycles. The summed E-state index contributed by atoms with van der Waals surface area (Å²) in [6, 6.07) is 5.41. The van der Waals surface area contributed by atoms with Crippen molar-refractivity contribution in [2.24, 2.45) is 0 Å². The van der Waals surface area contributed by atoms with Gasteiger partial charge < -0.3 is 9.64 Å². The third kappa shape index (κ3) is 4.51. The number of carbonyl (C=O) groups is 1. The Balaban J connectivity index is 1.92. The highest BCUT2D eigenvalue weighted by Crippen LogP contribution is 2.56. The van der Waals surface area contributed by atoms with Crippen molar-refractivity contribution in [1.82, 2.24) is 9.80 Å². The number of piperidine rings is 1. The molecule has 0 bridgehead atoms. The van der Waals surface area contributed by atoms with Crippen LogP contribution in [0.25, 0.3) is 0 Å². The zero-order chi connectivity index (χ0) is 23.4. The first-order chi connectivity index (χ1) is 14.2. The van der Waals surface area contributed by atoms with Gasteiger partial charge in [0.25, 0.3) is 0 Å². The summed E-state index contributed by atoms with van der Waals surface area (Å²) >= 11 is 0. The highest BCUT2D eigenvalue weighted by Gasteiger charge is 2.51. The van der Waals surface area contributed by atoms with Crippen LogP contribution in [-0.2, 0) is 10.2 Å². The second-order valence-electron chi connectivity index (χ2n) is 11.9. The maximum atomic E-state index is 12.6. The fourth-order valence-corrected chi connectivity index (χ4v) is 5.66. The zero-order valence-corrected chi connectivity index (χ0v) is 21.6. The predicted molar refractivity (Wildman–Crippen MR) is 129 cm³/mol. The number of benzene rings is 1. The Morgan fingerprint density at radius 3 is 2.16 bits per heavy atom. The smallest absolute Gasteiger partial charge is 0.410 e. The molecule has 31 heavy (non-hydrogen) atoms. The molecule has 0 unspecified atom stereocenters. The molecule has 1 aliphatic heterocycles. The standard InChI is InChI=1S/C27H44N2O2/c1-18(2)28(10)26(8,9)23-17-27(22-16-20(4)19(3)15-21(22)23)11-13-29(14-12-27)24(30)31-25(5,6)7/h15-16,18,23H,11-14,17H2,1-10H3/t23-/m0/s1. The number of nitrogens with zero attached hydrogens (tertiary/aromatic N) is 2. The molecule has 1 aliphatic carbocycles. The molecular formula is C27H44N2O2. The molecule has 0 radical (unpaired) electrons. The van der Waals surface area contributed by atoms with Crippen LogP contribution in [0, 0.1) is 13.8 Å². The van der Waals surface area contributed by atoms with Crippen LogP contribution in [0.2, 0.25) is 0 Å². The van der Waals surface area contributed by atoms with Crippen LogP contribution in [0.1, 0.15) is 95.9 Å². The molecule has 4 heteroatoms. The molecular weight excluding hydrogens is 384 g/mol. The van der Waals surface area contributed by atoms with Gasteiger partial charge in [0.2, 0.25) is 0 Å². The van der Waals surface area contributed by atoms with E-state index in [1.807, 2.05) is 25.7 Å². The number of amides is 1. The Bertz CT molecular complexity index is 826. The number of carbonyl (C=O) groups excluding carboxylic acids is 1. The molecule has 2 aliphatic rings. The second kappa shape index (κ2) is 8.10. The van der Waals surface area contributed by atoms with Crippen LogP contribution in [0.5, 0.6) is 0 Å². The molecule has 0 aromatic heterocycles. The summed E-state index contributed by atoms with van der Waals surface area (Å²) in [6.07, 6.45) is 3.02. The molecule has 1 amide bonds. The number of hydrogen-bond donors (Lipinski definition) is 0. The highest BCUT2D eigenvalue weighted by molar-refractivity contribution is 5.68. The van der Waals surface area contributed by atoms with E-state index in [-0.39, 0.29) is 17.0 Å². The minimum atomic E-state index is -0.447. The van der Waals surface area contributed by atoms with Crippen LogP contribution >= 0.6 is 0 Å². The second-order valence-corrected chi connectivity index (χ2v) is 11.9. The van der Waals surface area contributed by atoms with Gasteiger partial charge in [-0.1, -0.05) is 12.1 Å². The Morgan fingerprint density at radius 2 is 1.65 bits per heavy atom. The van der Waals surface area contributed by atoms with Crippen molar-refractivity contribution >= 4 is 6.09 Å². The largest absolute Gasteiger partial charge is 0.444 e. The van der Waals surface area contributed by atoms with Gasteiger partial charge in [0, 0.05) is 30.6 Å². The fraction of sp³-hybridized carbons (Fsp3) is 0.741. The molecule has 1 heterocycles. The molecule has 4 nitrogen and oxygen atoms in total. The minimum Gasteiger partial charge on any atom is -0.444 e.